The number of hydrogen-bond donors (Lipinski definition) is 2. The van der Waals surface area contributed by atoms with Crippen LogP contribution in [0, 0.1) is 13.8 Å². The normalized spacial score (nSPS) is 16.4. The minimum atomic E-state index is 0.367. The number of nitrogens with one attached hydrogen (secondary N) is 2. The Hall–Kier alpha value is -1.70. The van der Waals surface area contributed by atoms with Crippen molar-refractivity contribution in [1.29, 1.82) is 0 Å². The fourth-order valence-electron chi connectivity index (χ4n) is 2.05. The Morgan fingerprint density at radius 3 is 2.62 bits per heavy atom. The highest BCUT2D eigenvalue weighted by Crippen LogP contribution is 2.28. The van der Waals surface area contributed by atoms with Gasteiger partial charge in [0.15, 0.2) is 0 Å². The first-order valence-corrected chi connectivity index (χ1v) is 5.58. The minimum Gasteiger partial charge on any atom is -0.347 e. The van der Waals surface area contributed by atoms with E-state index in [9.17, 15) is 0 Å². The first-order valence-electron chi connectivity index (χ1n) is 5.58. The van der Waals surface area contributed by atoms with Gasteiger partial charge in [0.25, 0.3) is 0 Å². The molecule has 2 heteroatoms. The van der Waals surface area contributed by atoms with Crippen molar-refractivity contribution in [2.75, 3.05) is 0 Å². The smallest absolute Gasteiger partial charge is 0.0995 e. The van der Waals surface area contributed by atoms with Crippen molar-refractivity contribution < 1.29 is 0 Å². The highest BCUT2D eigenvalue weighted by atomic mass is 15.1. The number of rotatable bonds is 2. The summed E-state index contributed by atoms with van der Waals surface area (Å²) < 4.78 is 0. The average molecular weight is 214 g/mol. The SMILES string of the molecule is C=C1NC=C([C@@H](C)c2cccc(C)c2C)N1. The maximum atomic E-state index is 3.85. The molecular formula is C14H18N2. The molecule has 2 nitrogen and oxygen atoms in total. The Labute approximate surface area is 97.1 Å². The van der Waals surface area contributed by atoms with Crippen molar-refractivity contribution in [2.45, 2.75) is 26.7 Å². The molecule has 1 aromatic carbocycles. The van der Waals surface area contributed by atoms with E-state index in [2.05, 4.69) is 56.2 Å². The third kappa shape index (κ3) is 1.83. The number of benzene rings is 1. The quantitative estimate of drug-likeness (QED) is 0.791. The van der Waals surface area contributed by atoms with E-state index in [-0.39, 0.29) is 0 Å². The molecule has 0 saturated heterocycles. The fraction of sp³-hybridized carbons (Fsp3) is 0.286. The van der Waals surface area contributed by atoms with Gasteiger partial charge in [0.2, 0.25) is 0 Å². The summed E-state index contributed by atoms with van der Waals surface area (Å²) in [5.41, 5.74) is 5.26. The Bertz CT molecular complexity index is 458. The van der Waals surface area contributed by atoms with Crippen molar-refractivity contribution in [1.82, 2.24) is 10.6 Å². The second-order valence-corrected chi connectivity index (χ2v) is 4.36. The summed E-state index contributed by atoms with van der Waals surface area (Å²) in [6.07, 6.45) is 1.99. The van der Waals surface area contributed by atoms with E-state index in [0.29, 0.717) is 5.92 Å². The van der Waals surface area contributed by atoms with Gasteiger partial charge in [-0.25, -0.2) is 0 Å². The first-order chi connectivity index (χ1) is 7.59. The lowest BCUT2D eigenvalue weighted by Gasteiger charge is -2.17. The van der Waals surface area contributed by atoms with Crippen LogP contribution in [0.2, 0.25) is 0 Å². The zero-order valence-corrected chi connectivity index (χ0v) is 10.1. The molecule has 0 radical (unpaired) electrons. The lowest BCUT2D eigenvalue weighted by atomic mass is 9.91. The van der Waals surface area contributed by atoms with Crippen LogP contribution < -0.4 is 10.6 Å². The van der Waals surface area contributed by atoms with Gasteiger partial charge in [-0.1, -0.05) is 31.7 Å². The van der Waals surface area contributed by atoms with Crippen molar-refractivity contribution in [3.05, 3.63) is 59.2 Å². The standard InChI is InChI=1S/C14H18N2/c1-9-6-5-7-13(10(9)2)11(3)14-8-15-12(4)16-14/h5-8,11,15-16H,4H2,1-3H3/t11-/m0/s1. The Balaban J connectivity index is 2.31. The molecule has 0 bridgehead atoms. The van der Waals surface area contributed by atoms with Crippen LogP contribution in [-0.4, -0.2) is 0 Å². The molecule has 2 rings (SSSR count). The van der Waals surface area contributed by atoms with E-state index in [4.69, 9.17) is 0 Å². The molecule has 1 aliphatic heterocycles. The van der Waals surface area contributed by atoms with Crippen molar-refractivity contribution in [3.8, 4) is 0 Å². The Morgan fingerprint density at radius 2 is 2.00 bits per heavy atom. The largest absolute Gasteiger partial charge is 0.347 e. The fourth-order valence-corrected chi connectivity index (χ4v) is 2.05. The molecule has 0 fully saturated rings. The zero-order chi connectivity index (χ0) is 11.7. The van der Waals surface area contributed by atoms with Gasteiger partial charge in [-0.3, -0.25) is 0 Å². The van der Waals surface area contributed by atoms with E-state index in [1.165, 1.54) is 22.4 Å². The second-order valence-electron chi connectivity index (χ2n) is 4.36. The summed E-state index contributed by atoms with van der Waals surface area (Å²) in [5.74, 6) is 1.22. The Kier molecular flexibility index (Phi) is 2.73. The van der Waals surface area contributed by atoms with Crippen LogP contribution in [0.4, 0.5) is 0 Å². The molecular weight excluding hydrogens is 196 g/mol. The molecule has 84 valence electrons. The van der Waals surface area contributed by atoms with Crippen molar-refractivity contribution >= 4 is 0 Å². The summed E-state index contributed by atoms with van der Waals surface area (Å²) in [6, 6.07) is 6.46. The molecule has 1 atom stereocenters. The summed E-state index contributed by atoms with van der Waals surface area (Å²) >= 11 is 0. The van der Waals surface area contributed by atoms with Crippen LogP contribution in [0.25, 0.3) is 0 Å². The van der Waals surface area contributed by atoms with Crippen molar-refractivity contribution in [2.24, 2.45) is 0 Å². The number of hydrogen-bond acceptors (Lipinski definition) is 2. The predicted molar refractivity (Wildman–Crippen MR) is 67.8 cm³/mol. The molecule has 0 spiro atoms. The van der Waals surface area contributed by atoms with E-state index >= 15 is 0 Å². The molecule has 1 aliphatic rings. The maximum absolute atomic E-state index is 3.85. The van der Waals surface area contributed by atoms with E-state index in [1.54, 1.807) is 0 Å². The van der Waals surface area contributed by atoms with Gasteiger partial charge in [0.1, 0.15) is 0 Å². The van der Waals surface area contributed by atoms with Crippen LogP contribution in [0.3, 0.4) is 0 Å². The van der Waals surface area contributed by atoms with Gasteiger partial charge in [-0.05, 0) is 30.5 Å². The molecule has 1 heterocycles. The molecule has 0 amide bonds. The van der Waals surface area contributed by atoms with Crippen LogP contribution in [0.1, 0.15) is 29.5 Å². The predicted octanol–water partition coefficient (Wildman–Crippen LogP) is 2.91. The summed E-state index contributed by atoms with van der Waals surface area (Å²) in [5, 5.41) is 6.34. The zero-order valence-electron chi connectivity index (χ0n) is 10.1. The summed E-state index contributed by atoms with van der Waals surface area (Å²) in [4.78, 5) is 0. The topological polar surface area (TPSA) is 24.1 Å². The highest BCUT2D eigenvalue weighted by molar-refractivity contribution is 5.40. The van der Waals surface area contributed by atoms with Crippen LogP contribution >= 0.6 is 0 Å². The average Bonchev–Trinajstić information content (AvgIpc) is 2.68. The van der Waals surface area contributed by atoms with Gasteiger partial charge in [-0.2, -0.15) is 0 Å². The summed E-state index contributed by atoms with van der Waals surface area (Å²) in [6.45, 7) is 10.4. The van der Waals surface area contributed by atoms with Gasteiger partial charge in [0, 0.05) is 17.8 Å². The van der Waals surface area contributed by atoms with Gasteiger partial charge in [0.05, 0.1) is 5.82 Å². The van der Waals surface area contributed by atoms with E-state index in [0.717, 1.165) is 5.82 Å². The lowest BCUT2D eigenvalue weighted by molar-refractivity contribution is 0.805. The van der Waals surface area contributed by atoms with Crippen LogP contribution in [0.15, 0.2) is 42.5 Å². The third-order valence-corrected chi connectivity index (χ3v) is 3.28. The highest BCUT2D eigenvalue weighted by Gasteiger charge is 2.17. The minimum absolute atomic E-state index is 0.367. The number of allylic oxidation sites excluding steroid dienone is 1. The molecule has 0 saturated carbocycles. The van der Waals surface area contributed by atoms with E-state index < -0.39 is 0 Å². The second kappa shape index (κ2) is 4.05. The monoisotopic (exact) mass is 214 g/mol. The molecule has 0 unspecified atom stereocenters. The van der Waals surface area contributed by atoms with Crippen LogP contribution in [-0.2, 0) is 0 Å². The van der Waals surface area contributed by atoms with Crippen LogP contribution in [0.5, 0.6) is 0 Å². The number of aryl methyl sites for hydroxylation is 1. The van der Waals surface area contributed by atoms with Crippen molar-refractivity contribution in [3.63, 3.8) is 0 Å². The van der Waals surface area contributed by atoms with Gasteiger partial charge < -0.3 is 10.6 Å². The lowest BCUT2D eigenvalue weighted by Crippen LogP contribution is -2.14. The molecule has 0 aliphatic carbocycles. The molecule has 16 heavy (non-hydrogen) atoms. The maximum Gasteiger partial charge on any atom is 0.0995 e. The van der Waals surface area contributed by atoms with Gasteiger partial charge in [-0.15, -0.1) is 0 Å². The molecule has 2 N–H and O–H groups in total. The first kappa shape index (κ1) is 10.8. The molecule has 1 aromatic rings. The van der Waals surface area contributed by atoms with Gasteiger partial charge >= 0.3 is 0 Å². The third-order valence-electron chi connectivity index (χ3n) is 3.28. The Morgan fingerprint density at radius 1 is 1.25 bits per heavy atom. The molecule has 0 aromatic heterocycles. The summed E-state index contributed by atoms with van der Waals surface area (Å²) in [7, 11) is 0. The van der Waals surface area contributed by atoms with E-state index in [1.807, 2.05) is 6.20 Å².